The van der Waals surface area contributed by atoms with E-state index >= 15 is 0 Å². The third kappa shape index (κ3) is 10.6. The number of phosphoric acid groups is 1. The van der Waals surface area contributed by atoms with E-state index < -0.39 is 13.8 Å². The summed E-state index contributed by atoms with van der Waals surface area (Å²) in [6, 6.07) is 28.5. The Balaban J connectivity index is 0.000000827. The van der Waals surface area contributed by atoms with Gasteiger partial charge in [0.05, 0.1) is 13.2 Å². The summed E-state index contributed by atoms with van der Waals surface area (Å²) in [4.78, 5) is 9.00. The van der Waals surface area contributed by atoms with Gasteiger partial charge in [0.1, 0.15) is 0 Å². The molecule has 3 aromatic carbocycles. The molecule has 0 saturated carbocycles. The Morgan fingerprint density at radius 3 is 1.67 bits per heavy atom. The molecule has 3 rings (SSSR count). The maximum atomic E-state index is 13.1. The Hall–Kier alpha value is -2.18. The molecule has 6 nitrogen and oxygen atoms in total. The first-order chi connectivity index (χ1) is 14.0. The van der Waals surface area contributed by atoms with Crippen LogP contribution < -0.4 is 4.52 Å². The molecule has 0 heterocycles. The van der Waals surface area contributed by atoms with E-state index in [2.05, 4.69) is 6.07 Å². The fourth-order valence-corrected chi connectivity index (χ4v) is 3.28. The fourth-order valence-electron chi connectivity index (χ4n) is 2.11. The van der Waals surface area contributed by atoms with Crippen molar-refractivity contribution in [3.63, 3.8) is 0 Å². The van der Waals surface area contributed by atoms with Crippen LogP contribution in [0.5, 0.6) is 5.75 Å². The average Bonchev–Trinajstić information content (AvgIpc) is 2.73. The minimum atomic E-state index is -3.79. The first-order valence-corrected chi connectivity index (χ1v) is 10.2. The van der Waals surface area contributed by atoms with Crippen LogP contribution in [0.15, 0.2) is 84.9 Å². The van der Waals surface area contributed by atoms with E-state index in [0.29, 0.717) is 5.75 Å². The minimum Gasteiger partial charge on any atom is -0.481 e. The number of phosphoric ester groups is 1. The molecule has 0 aromatic heterocycles. The summed E-state index contributed by atoms with van der Waals surface area (Å²) in [6.07, 6.45) is 0. The molecule has 0 bridgehead atoms. The number of carbonyl (C=O) groups is 1. The van der Waals surface area contributed by atoms with Gasteiger partial charge in [-0.25, -0.2) is 4.57 Å². The molecule has 0 spiro atoms. The predicted molar refractivity (Wildman–Crippen MR) is 109 cm³/mol. The topological polar surface area (TPSA) is 82.1 Å². The second-order valence-electron chi connectivity index (χ2n) is 5.81. The Labute approximate surface area is 191 Å². The van der Waals surface area contributed by atoms with Crippen LogP contribution in [0.2, 0.25) is 0 Å². The van der Waals surface area contributed by atoms with Gasteiger partial charge < -0.3 is 9.63 Å². The van der Waals surface area contributed by atoms with Crippen LogP contribution in [-0.2, 0) is 54.0 Å². The SMILES string of the molecule is CC(=O)O.O=P(OCc1ccccc1)(OCc1ccccc1)Oc1cc[c-]cc1.[Ag+]. The Morgan fingerprint density at radius 2 is 1.27 bits per heavy atom. The summed E-state index contributed by atoms with van der Waals surface area (Å²) >= 11 is 0. The van der Waals surface area contributed by atoms with Crippen molar-refractivity contribution in [3.05, 3.63) is 102 Å². The van der Waals surface area contributed by atoms with Gasteiger partial charge in [-0.3, -0.25) is 13.8 Å². The van der Waals surface area contributed by atoms with E-state index in [1.807, 2.05) is 60.7 Å². The van der Waals surface area contributed by atoms with Crippen molar-refractivity contribution < 1.29 is 50.4 Å². The number of aliphatic carboxylic acids is 1. The third-order valence-corrected chi connectivity index (χ3v) is 4.69. The van der Waals surface area contributed by atoms with Crippen LogP contribution >= 0.6 is 7.82 Å². The monoisotopic (exact) mass is 520 g/mol. The molecule has 30 heavy (non-hydrogen) atoms. The number of hydrogen-bond acceptors (Lipinski definition) is 5. The molecule has 3 aromatic rings. The molecular weight excluding hydrogens is 499 g/mol. The molecule has 0 fully saturated rings. The molecule has 0 atom stereocenters. The van der Waals surface area contributed by atoms with Gasteiger partial charge in [-0.05, 0) is 11.1 Å². The standard InChI is InChI=1S/C20H18O4P.C2H4O2.Ag/c21-25(24-20-14-8-3-9-15-20,22-16-18-10-4-1-5-11-18)23-17-19-12-6-2-7-13-19;1-2(3)4;/h1-2,4-15H,16-17H2;1H3,(H,3,4);/q-1;;+1. The van der Waals surface area contributed by atoms with Gasteiger partial charge in [0.25, 0.3) is 5.97 Å². The zero-order chi connectivity index (χ0) is 21.0. The first-order valence-electron chi connectivity index (χ1n) is 8.79. The van der Waals surface area contributed by atoms with E-state index in [-0.39, 0.29) is 35.6 Å². The predicted octanol–water partition coefficient (Wildman–Crippen LogP) is 5.50. The number of hydrogen-bond donors (Lipinski definition) is 1. The second kappa shape index (κ2) is 13.9. The molecule has 0 aliphatic heterocycles. The van der Waals surface area contributed by atoms with Crippen LogP contribution in [0.3, 0.4) is 0 Å². The van der Waals surface area contributed by atoms with E-state index in [0.717, 1.165) is 18.1 Å². The Morgan fingerprint density at radius 1 is 0.867 bits per heavy atom. The molecular formula is C22H22AgO6P. The normalized spacial score (nSPS) is 10.2. The van der Waals surface area contributed by atoms with Crippen LogP contribution in [0, 0.1) is 6.07 Å². The van der Waals surface area contributed by atoms with E-state index in [1.165, 1.54) is 0 Å². The summed E-state index contributed by atoms with van der Waals surface area (Å²) in [7, 11) is -3.79. The van der Waals surface area contributed by atoms with E-state index in [1.54, 1.807) is 24.3 Å². The summed E-state index contributed by atoms with van der Waals surface area (Å²) in [5.41, 5.74) is 1.77. The first kappa shape index (κ1) is 25.9. The molecule has 1 N–H and O–H groups in total. The zero-order valence-electron chi connectivity index (χ0n) is 16.2. The number of carboxylic acids is 1. The number of carboxylic acid groups (broad SMARTS) is 1. The molecule has 0 saturated heterocycles. The van der Waals surface area contributed by atoms with Gasteiger partial charge in [0.15, 0.2) is 0 Å². The smallest absolute Gasteiger partial charge is 0.481 e. The van der Waals surface area contributed by atoms with Gasteiger partial charge in [0.2, 0.25) is 0 Å². The average molecular weight is 521 g/mol. The Bertz CT molecular complexity index is 855. The molecule has 0 aliphatic carbocycles. The van der Waals surface area contributed by atoms with E-state index in [9.17, 15) is 4.57 Å². The van der Waals surface area contributed by atoms with Crippen molar-refractivity contribution in [1.82, 2.24) is 0 Å². The molecule has 8 heteroatoms. The van der Waals surface area contributed by atoms with Crippen molar-refractivity contribution in [3.8, 4) is 5.75 Å². The molecule has 0 radical (unpaired) electrons. The Kier molecular flexibility index (Phi) is 12.0. The maximum Gasteiger partial charge on any atom is 1.00 e. The molecule has 0 amide bonds. The van der Waals surface area contributed by atoms with Gasteiger partial charge in [-0.1, -0.05) is 60.7 Å². The van der Waals surface area contributed by atoms with Crippen LogP contribution in [0.4, 0.5) is 0 Å². The van der Waals surface area contributed by atoms with Crippen molar-refractivity contribution in [2.24, 2.45) is 0 Å². The maximum absolute atomic E-state index is 13.1. The van der Waals surface area contributed by atoms with Gasteiger partial charge in [0, 0.05) is 12.7 Å². The van der Waals surface area contributed by atoms with Crippen molar-refractivity contribution in [2.45, 2.75) is 20.1 Å². The van der Waals surface area contributed by atoms with Gasteiger partial charge in [-0.15, -0.1) is 12.1 Å². The third-order valence-electron chi connectivity index (χ3n) is 3.37. The quantitative estimate of drug-likeness (QED) is 0.240. The van der Waals surface area contributed by atoms with Crippen LogP contribution in [-0.4, -0.2) is 11.1 Å². The van der Waals surface area contributed by atoms with Gasteiger partial charge in [-0.2, -0.15) is 18.2 Å². The summed E-state index contributed by atoms with van der Waals surface area (Å²) in [6.45, 7) is 1.34. The summed E-state index contributed by atoms with van der Waals surface area (Å²) < 4.78 is 29.7. The molecule has 162 valence electrons. The largest absolute Gasteiger partial charge is 1.00 e. The molecule has 0 unspecified atom stereocenters. The fraction of sp³-hybridized carbons (Fsp3) is 0.136. The van der Waals surface area contributed by atoms with Crippen LogP contribution in [0.1, 0.15) is 18.1 Å². The second-order valence-corrected chi connectivity index (χ2v) is 7.40. The number of rotatable bonds is 8. The minimum absolute atomic E-state index is 0. The zero-order valence-corrected chi connectivity index (χ0v) is 18.6. The van der Waals surface area contributed by atoms with Crippen molar-refractivity contribution in [2.75, 3.05) is 0 Å². The van der Waals surface area contributed by atoms with Crippen molar-refractivity contribution >= 4 is 13.8 Å². The van der Waals surface area contributed by atoms with Crippen molar-refractivity contribution in [1.29, 1.82) is 0 Å². The number of benzene rings is 3. The van der Waals surface area contributed by atoms with E-state index in [4.69, 9.17) is 23.5 Å². The summed E-state index contributed by atoms with van der Waals surface area (Å²) in [5.74, 6) is -0.428. The van der Waals surface area contributed by atoms with Crippen LogP contribution in [0.25, 0.3) is 0 Å². The summed E-state index contributed by atoms with van der Waals surface area (Å²) in [5, 5.41) is 7.42. The van der Waals surface area contributed by atoms with Gasteiger partial charge >= 0.3 is 30.2 Å². The molecule has 0 aliphatic rings.